The van der Waals surface area contributed by atoms with Crippen molar-refractivity contribution in [2.45, 2.75) is 45.8 Å². The molecule has 0 N–H and O–H groups in total. The lowest BCUT2D eigenvalue weighted by atomic mass is 10.1. The number of carbonyl (C=O) groups excluding carboxylic acids is 1. The van der Waals surface area contributed by atoms with E-state index in [1.165, 1.54) is 12.8 Å². The van der Waals surface area contributed by atoms with Crippen molar-refractivity contribution in [3.63, 3.8) is 0 Å². The highest BCUT2D eigenvalue weighted by molar-refractivity contribution is 7.07. The number of carbonyl (C=O) groups is 1. The van der Waals surface area contributed by atoms with Gasteiger partial charge in [0.25, 0.3) is 0 Å². The predicted octanol–water partition coefficient (Wildman–Crippen LogP) is 3.05. The van der Waals surface area contributed by atoms with Crippen LogP contribution < -0.4 is 9.61 Å². The number of rotatable bonds is 7. The molecule has 1 aliphatic carbocycles. The van der Waals surface area contributed by atoms with Crippen molar-refractivity contribution in [1.82, 2.24) is 9.47 Å². The van der Waals surface area contributed by atoms with E-state index in [0.29, 0.717) is 12.5 Å². The van der Waals surface area contributed by atoms with Gasteiger partial charge in [-0.15, -0.1) is 0 Å². The minimum atomic E-state index is -0.0747. The van der Waals surface area contributed by atoms with Gasteiger partial charge in [0.1, 0.15) is 12.3 Å². The quantitative estimate of drug-likeness (QED) is 0.762. The Morgan fingerprint density at radius 1 is 1.36 bits per heavy atom. The van der Waals surface area contributed by atoms with E-state index in [1.54, 1.807) is 17.1 Å². The van der Waals surface area contributed by atoms with E-state index >= 15 is 0 Å². The molecule has 0 spiro atoms. The Morgan fingerprint density at radius 3 is 2.56 bits per heavy atom. The van der Waals surface area contributed by atoms with Gasteiger partial charge >= 0.3 is 4.87 Å². The first-order valence-corrected chi connectivity index (χ1v) is 9.45. The second-order valence-electron chi connectivity index (χ2n) is 6.68. The van der Waals surface area contributed by atoms with Crippen molar-refractivity contribution in [3.05, 3.63) is 50.6 Å². The van der Waals surface area contributed by atoms with Crippen LogP contribution in [0.5, 0.6) is 5.75 Å². The summed E-state index contributed by atoms with van der Waals surface area (Å²) in [5.41, 5.74) is 1.91. The van der Waals surface area contributed by atoms with E-state index in [-0.39, 0.29) is 23.4 Å². The van der Waals surface area contributed by atoms with E-state index in [0.717, 1.165) is 28.3 Å². The Morgan fingerprint density at radius 2 is 2.04 bits per heavy atom. The van der Waals surface area contributed by atoms with E-state index in [9.17, 15) is 9.59 Å². The van der Waals surface area contributed by atoms with Crippen LogP contribution >= 0.6 is 11.3 Å². The molecule has 5 nitrogen and oxygen atoms in total. The zero-order valence-electron chi connectivity index (χ0n) is 14.9. The molecule has 1 aliphatic rings. The first-order valence-electron chi connectivity index (χ1n) is 8.57. The predicted molar refractivity (Wildman–Crippen MR) is 99.0 cm³/mol. The fraction of sp³-hybridized carbons (Fsp3) is 0.474. The molecular weight excluding hydrogens is 336 g/mol. The van der Waals surface area contributed by atoms with Gasteiger partial charge in [-0.25, -0.2) is 0 Å². The molecule has 1 atom stereocenters. The molecule has 1 amide bonds. The smallest absolute Gasteiger partial charge is 0.307 e. The summed E-state index contributed by atoms with van der Waals surface area (Å²) in [5, 5.41) is 1.80. The summed E-state index contributed by atoms with van der Waals surface area (Å²) in [5.74, 6) is 1.37. The molecule has 1 aromatic heterocycles. The van der Waals surface area contributed by atoms with Crippen molar-refractivity contribution < 1.29 is 9.53 Å². The molecule has 0 aliphatic heterocycles. The highest BCUT2D eigenvalue weighted by Crippen LogP contribution is 2.36. The van der Waals surface area contributed by atoms with Crippen LogP contribution in [0.1, 0.15) is 31.0 Å². The number of aromatic nitrogens is 1. The van der Waals surface area contributed by atoms with Gasteiger partial charge < -0.3 is 9.64 Å². The van der Waals surface area contributed by atoms with Crippen molar-refractivity contribution in [3.8, 4) is 5.75 Å². The molecule has 1 heterocycles. The van der Waals surface area contributed by atoms with E-state index in [2.05, 4.69) is 6.92 Å². The van der Waals surface area contributed by atoms with Crippen LogP contribution in [0.25, 0.3) is 0 Å². The number of thiazole rings is 1. The third kappa shape index (κ3) is 4.12. The zero-order valence-corrected chi connectivity index (χ0v) is 15.7. The molecule has 0 radical (unpaired) electrons. The normalized spacial score (nSPS) is 15.0. The Kier molecular flexibility index (Phi) is 5.27. The second kappa shape index (κ2) is 7.44. The number of benzene rings is 1. The number of aryl methyl sites for hydroxylation is 1. The second-order valence-corrected chi connectivity index (χ2v) is 7.50. The molecule has 25 heavy (non-hydrogen) atoms. The average molecular weight is 360 g/mol. The molecule has 1 aromatic carbocycles. The molecule has 3 rings (SSSR count). The first kappa shape index (κ1) is 17.7. The highest BCUT2D eigenvalue weighted by atomic mass is 32.1. The van der Waals surface area contributed by atoms with Crippen LogP contribution in [0, 0.1) is 12.8 Å². The van der Waals surface area contributed by atoms with E-state index < -0.39 is 0 Å². The average Bonchev–Trinajstić information content (AvgIpc) is 3.42. The van der Waals surface area contributed by atoms with Crippen LogP contribution in [0.4, 0.5) is 0 Å². The maximum Gasteiger partial charge on any atom is 0.307 e. The van der Waals surface area contributed by atoms with Gasteiger partial charge in [0.05, 0.1) is 7.11 Å². The van der Waals surface area contributed by atoms with Crippen LogP contribution in [0.3, 0.4) is 0 Å². The van der Waals surface area contributed by atoms with Gasteiger partial charge in [-0.3, -0.25) is 14.2 Å². The van der Waals surface area contributed by atoms with Crippen LogP contribution in [-0.4, -0.2) is 28.5 Å². The van der Waals surface area contributed by atoms with Gasteiger partial charge in [0.15, 0.2) is 0 Å². The fourth-order valence-corrected chi connectivity index (χ4v) is 3.78. The molecular formula is C19H24N2O3S. The van der Waals surface area contributed by atoms with Crippen molar-refractivity contribution >= 4 is 17.2 Å². The third-order valence-corrected chi connectivity index (χ3v) is 5.78. The monoisotopic (exact) mass is 360 g/mol. The molecule has 6 heteroatoms. The molecule has 1 fully saturated rings. The van der Waals surface area contributed by atoms with Crippen molar-refractivity contribution in [2.24, 2.45) is 5.92 Å². The molecule has 134 valence electrons. The van der Waals surface area contributed by atoms with Gasteiger partial charge in [0.2, 0.25) is 5.91 Å². The summed E-state index contributed by atoms with van der Waals surface area (Å²) in [4.78, 5) is 26.7. The van der Waals surface area contributed by atoms with Crippen LogP contribution in [-0.2, 0) is 17.9 Å². The molecule has 1 saturated carbocycles. The fourth-order valence-electron chi connectivity index (χ4n) is 3.04. The molecule has 0 bridgehead atoms. The SMILES string of the molecule is COc1ccc(CN(C(=O)Cn2c(C)csc2=O)C(C)C2CC2)cc1. The number of hydrogen-bond donors (Lipinski definition) is 0. The van der Waals surface area contributed by atoms with Crippen LogP contribution in [0.15, 0.2) is 34.4 Å². The first-order chi connectivity index (χ1) is 12.0. The summed E-state index contributed by atoms with van der Waals surface area (Å²) in [7, 11) is 1.64. The number of ether oxygens (including phenoxy) is 1. The third-order valence-electron chi connectivity index (χ3n) is 4.90. The lowest BCUT2D eigenvalue weighted by Crippen LogP contribution is -2.42. The largest absolute Gasteiger partial charge is 0.497 e. The summed E-state index contributed by atoms with van der Waals surface area (Å²) in [6, 6.07) is 7.98. The summed E-state index contributed by atoms with van der Waals surface area (Å²) >= 11 is 1.14. The number of amides is 1. The van der Waals surface area contributed by atoms with Crippen molar-refractivity contribution in [1.29, 1.82) is 0 Å². The van der Waals surface area contributed by atoms with Gasteiger partial charge in [-0.05, 0) is 50.3 Å². The summed E-state index contributed by atoms with van der Waals surface area (Å²) in [6.45, 7) is 4.64. The topological polar surface area (TPSA) is 51.5 Å². The molecule has 0 saturated heterocycles. The highest BCUT2D eigenvalue weighted by Gasteiger charge is 2.34. The number of nitrogens with zero attached hydrogens (tertiary/aromatic N) is 2. The Bertz CT molecular complexity index is 790. The summed E-state index contributed by atoms with van der Waals surface area (Å²) in [6.07, 6.45) is 2.34. The minimum Gasteiger partial charge on any atom is -0.497 e. The number of methoxy groups -OCH3 is 1. The van der Waals surface area contributed by atoms with Gasteiger partial charge in [0, 0.05) is 23.7 Å². The molecule has 1 unspecified atom stereocenters. The standard InChI is InChI=1S/C19H24N2O3S/c1-13-12-25-19(23)20(13)11-18(22)21(14(2)16-6-7-16)10-15-4-8-17(24-3)9-5-15/h4-5,8-9,12,14,16H,6-7,10-11H2,1-3H3. The number of hydrogen-bond acceptors (Lipinski definition) is 4. The van der Waals surface area contributed by atoms with E-state index in [1.807, 2.05) is 36.1 Å². The maximum absolute atomic E-state index is 13.0. The van der Waals surface area contributed by atoms with E-state index in [4.69, 9.17) is 4.74 Å². The Labute approximate surface area is 151 Å². The minimum absolute atomic E-state index is 0.00109. The van der Waals surface area contributed by atoms with Crippen LogP contribution in [0.2, 0.25) is 0 Å². The Balaban J connectivity index is 1.78. The lowest BCUT2D eigenvalue weighted by molar-refractivity contribution is -0.135. The molecule has 2 aromatic rings. The Hall–Kier alpha value is -2.08. The van der Waals surface area contributed by atoms with Gasteiger partial charge in [-0.2, -0.15) is 0 Å². The lowest BCUT2D eigenvalue weighted by Gasteiger charge is -2.30. The zero-order chi connectivity index (χ0) is 18.0. The van der Waals surface area contributed by atoms with Gasteiger partial charge in [-0.1, -0.05) is 23.5 Å². The summed E-state index contributed by atoms with van der Waals surface area (Å²) < 4.78 is 6.76. The maximum atomic E-state index is 13.0. The van der Waals surface area contributed by atoms with Crippen molar-refractivity contribution in [2.75, 3.05) is 7.11 Å².